The molecule has 2 heterocycles. The first kappa shape index (κ1) is 20.7. The van der Waals surface area contributed by atoms with Crippen molar-refractivity contribution in [2.24, 2.45) is 5.92 Å². The standard InChI is InChI=1S/C26H26F2N4/c1-15-3-4-19(13-23(15)28)26-30-25(31-32-26)16(2)17-5-7-18(8-6-17)21-11-12-29-24-10-9-20(27)14-22(21)24/h3-4,9-14,16-18H,5-8H2,1-2H3,(H,30,31,32)/t16?,17-,18+. The van der Waals surface area contributed by atoms with Crippen molar-refractivity contribution < 1.29 is 8.78 Å². The summed E-state index contributed by atoms with van der Waals surface area (Å²) in [5, 5.41) is 9.56. The third-order valence-electron chi connectivity index (χ3n) is 7.04. The fourth-order valence-corrected chi connectivity index (χ4v) is 5.00. The van der Waals surface area contributed by atoms with Crippen molar-refractivity contribution in [2.45, 2.75) is 51.4 Å². The SMILES string of the molecule is Cc1ccc(-c2nnc(C(C)[C@H]3CC[C@@H](c4ccnc5ccc(F)cc54)CC3)[nH]2)cc1F. The van der Waals surface area contributed by atoms with Crippen LogP contribution >= 0.6 is 0 Å². The Balaban J connectivity index is 1.29. The van der Waals surface area contributed by atoms with Gasteiger partial charge in [0.15, 0.2) is 5.82 Å². The molecule has 4 aromatic rings. The maximum atomic E-state index is 13.9. The van der Waals surface area contributed by atoms with E-state index >= 15 is 0 Å². The topological polar surface area (TPSA) is 54.5 Å². The van der Waals surface area contributed by atoms with Crippen LogP contribution in [0, 0.1) is 24.5 Å². The Morgan fingerprint density at radius 2 is 1.78 bits per heavy atom. The van der Waals surface area contributed by atoms with Gasteiger partial charge in [0.1, 0.15) is 17.5 Å². The van der Waals surface area contributed by atoms with Crippen molar-refractivity contribution in [3.8, 4) is 11.4 Å². The molecule has 0 spiro atoms. The molecule has 1 saturated carbocycles. The number of nitrogens with one attached hydrogen (secondary N) is 1. The van der Waals surface area contributed by atoms with Gasteiger partial charge in [-0.15, -0.1) is 10.2 Å². The average Bonchev–Trinajstić information content (AvgIpc) is 3.30. The Morgan fingerprint density at radius 3 is 2.56 bits per heavy atom. The molecule has 2 aromatic heterocycles. The monoisotopic (exact) mass is 432 g/mol. The molecule has 1 aliphatic carbocycles. The first-order chi connectivity index (χ1) is 15.5. The molecule has 0 amide bonds. The fourth-order valence-electron chi connectivity index (χ4n) is 5.00. The predicted molar refractivity (Wildman–Crippen MR) is 121 cm³/mol. The minimum Gasteiger partial charge on any atom is -0.325 e. The lowest BCUT2D eigenvalue weighted by Crippen LogP contribution is -2.19. The maximum Gasteiger partial charge on any atom is 0.161 e. The summed E-state index contributed by atoms with van der Waals surface area (Å²) in [6, 6.07) is 12.0. The zero-order chi connectivity index (χ0) is 22.2. The van der Waals surface area contributed by atoms with Crippen molar-refractivity contribution in [1.29, 1.82) is 0 Å². The molecule has 1 fully saturated rings. The number of aromatic amines is 1. The van der Waals surface area contributed by atoms with Crippen LogP contribution in [0.1, 0.15) is 61.4 Å². The number of hydrogen-bond donors (Lipinski definition) is 1. The number of H-pyrrole nitrogens is 1. The highest BCUT2D eigenvalue weighted by Crippen LogP contribution is 2.42. The summed E-state index contributed by atoms with van der Waals surface area (Å²) in [5.74, 6) is 2.13. The molecule has 1 N–H and O–H groups in total. The van der Waals surface area contributed by atoms with Gasteiger partial charge in [-0.1, -0.05) is 19.1 Å². The number of nitrogens with zero attached hydrogens (tertiary/aromatic N) is 3. The third kappa shape index (κ3) is 3.90. The molecule has 1 atom stereocenters. The summed E-state index contributed by atoms with van der Waals surface area (Å²) < 4.78 is 27.8. The van der Waals surface area contributed by atoms with E-state index in [1.54, 1.807) is 25.1 Å². The molecule has 32 heavy (non-hydrogen) atoms. The van der Waals surface area contributed by atoms with Gasteiger partial charge in [0.2, 0.25) is 0 Å². The highest BCUT2D eigenvalue weighted by Gasteiger charge is 2.29. The number of aryl methyl sites for hydroxylation is 1. The number of benzene rings is 2. The van der Waals surface area contributed by atoms with E-state index in [1.165, 1.54) is 17.7 Å². The largest absolute Gasteiger partial charge is 0.325 e. The quantitative estimate of drug-likeness (QED) is 0.391. The van der Waals surface area contributed by atoms with Crippen molar-refractivity contribution >= 4 is 10.9 Å². The van der Waals surface area contributed by atoms with Gasteiger partial charge in [-0.3, -0.25) is 4.98 Å². The zero-order valence-corrected chi connectivity index (χ0v) is 18.3. The smallest absolute Gasteiger partial charge is 0.161 e. The van der Waals surface area contributed by atoms with Crippen LogP contribution in [-0.2, 0) is 0 Å². The van der Waals surface area contributed by atoms with E-state index in [1.807, 2.05) is 18.3 Å². The summed E-state index contributed by atoms with van der Waals surface area (Å²) in [5.41, 5.74) is 3.37. The van der Waals surface area contributed by atoms with Crippen LogP contribution in [0.4, 0.5) is 8.78 Å². The number of pyridine rings is 1. The summed E-state index contributed by atoms with van der Waals surface area (Å²) >= 11 is 0. The van der Waals surface area contributed by atoms with Crippen LogP contribution in [0.15, 0.2) is 48.7 Å². The van der Waals surface area contributed by atoms with E-state index in [2.05, 4.69) is 27.1 Å². The first-order valence-electron chi connectivity index (χ1n) is 11.2. The lowest BCUT2D eigenvalue weighted by molar-refractivity contribution is 0.286. The minimum absolute atomic E-state index is 0.219. The Kier molecular flexibility index (Phi) is 5.45. The van der Waals surface area contributed by atoms with Gasteiger partial charge in [-0.2, -0.15) is 0 Å². The van der Waals surface area contributed by atoms with Crippen molar-refractivity contribution in [3.05, 3.63) is 77.2 Å². The lowest BCUT2D eigenvalue weighted by Gasteiger charge is -2.32. The first-order valence-corrected chi connectivity index (χ1v) is 11.2. The minimum atomic E-state index is -0.240. The normalized spacial score (nSPS) is 19.9. The van der Waals surface area contributed by atoms with E-state index in [0.717, 1.165) is 42.4 Å². The second-order valence-electron chi connectivity index (χ2n) is 8.98. The molecule has 0 aliphatic heterocycles. The van der Waals surface area contributed by atoms with Crippen molar-refractivity contribution in [1.82, 2.24) is 20.2 Å². The van der Waals surface area contributed by atoms with Crippen LogP contribution in [0.25, 0.3) is 22.3 Å². The number of fused-ring (bicyclic) bond motifs is 1. The number of aromatic nitrogens is 4. The maximum absolute atomic E-state index is 13.9. The van der Waals surface area contributed by atoms with Crippen molar-refractivity contribution in [2.75, 3.05) is 0 Å². The van der Waals surface area contributed by atoms with Gasteiger partial charge in [0, 0.05) is 23.1 Å². The van der Waals surface area contributed by atoms with Gasteiger partial charge in [-0.05, 0) is 85.9 Å². The van der Waals surface area contributed by atoms with E-state index < -0.39 is 0 Å². The molecule has 1 unspecified atom stereocenters. The Labute approximate surface area is 186 Å². The number of hydrogen-bond acceptors (Lipinski definition) is 3. The van der Waals surface area contributed by atoms with Crippen LogP contribution in [-0.4, -0.2) is 20.2 Å². The summed E-state index contributed by atoms with van der Waals surface area (Å²) in [6.45, 7) is 3.93. The number of rotatable bonds is 4. The van der Waals surface area contributed by atoms with Gasteiger partial charge in [0.25, 0.3) is 0 Å². The highest BCUT2D eigenvalue weighted by atomic mass is 19.1. The van der Waals surface area contributed by atoms with Gasteiger partial charge in [0.05, 0.1) is 5.52 Å². The molecule has 164 valence electrons. The number of halogens is 2. The third-order valence-corrected chi connectivity index (χ3v) is 7.04. The molecular weight excluding hydrogens is 406 g/mol. The average molecular weight is 433 g/mol. The molecule has 6 heteroatoms. The zero-order valence-electron chi connectivity index (χ0n) is 18.3. The second-order valence-corrected chi connectivity index (χ2v) is 8.98. The van der Waals surface area contributed by atoms with Crippen LogP contribution in [0.5, 0.6) is 0 Å². The molecule has 0 radical (unpaired) electrons. The summed E-state index contributed by atoms with van der Waals surface area (Å²) in [6.07, 6.45) is 6.07. The molecular formula is C26H26F2N4. The van der Waals surface area contributed by atoms with E-state index in [-0.39, 0.29) is 17.6 Å². The Bertz CT molecular complexity index is 1260. The molecule has 2 aromatic carbocycles. The van der Waals surface area contributed by atoms with Gasteiger partial charge in [-0.25, -0.2) is 8.78 Å². The Morgan fingerprint density at radius 1 is 0.969 bits per heavy atom. The predicted octanol–water partition coefficient (Wildman–Crippen LogP) is 6.68. The summed E-state index contributed by atoms with van der Waals surface area (Å²) in [7, 11) is 0. The van der Waals surface area contributed by atoms with Gasteiger partial charge >= 0.3 is 0 Å². The van der Waals surface area contributed by atoms with Crippen molar-refractivity contribution in [3.63, 3.8) is 0 Å². The molecule has 0 saturated heterocycles. The van der Waals surface area contributed by atoms with Crippen LogP contribution in [0.3, 0.4) is 0 Å². The summed E-state index contributed by atoms with van der Waals surface area (Å²) in [4.78, 5) is 7.70. The van der Waals surface area contributed by atoms with Crippen LogP contribution in [0.2, 0.25) is 0 Å². The second kappa shape index (κ2) is 8.41. The fraction of sp³-hybridized carbons (Fsp3) is 0.346. The highest BCUT2D eigenvalue weighted by molar-refractivity contribution is 5.82. The van der Waals surface area contributed by atoms with E-state index in [4.69, 9.17) is 0 Å². The van der Waals surface area contributed by atoms with E-state index in [9.17, 15) is 8.78 Å². The lowest BCUT2D eigenvalue weighted by atomic mass is 9.73. The molecule has 5 rings (SSSR count). The van der Waals surface area contributed by atoms with E-state index in [0.29, 0.717) is 28.8 Å². The molecule has 1 aliphatic rings. The molecule has 0 bridgehead atoms. The van der Waals surface area contributed by atoms with Gasteiger partial charge < -0.3 is 4.98 Å². The molecule has 4 nitrogen and oxygen atoms in total. The Hall–Kier alpha value is -3.15. The van der Waals surface area contributed by atoms with Crippen LogP contribution < -0.4 is 0 Å².